The summed E-state index contributed by atoms with van der Waals surface area (Å²) in [5, 5.41) is 7.89. The second-order valence-corrected chi connectivity index (χ2v) is 9.35. The van der Waals surface area contributed by atoms with Crippen molar-refractivity contribution < 1.29 is 9.53 Å². The Kier molecular flexibility index (Phi) is 5.21. The molecule has 5 nitrogen and oxygen atoms in total. The molecule has 0 unspecified atom stereocenters. The van der Waals surface area contributed by atoms with E-state index in [1.54, 1.807) is 11.3 Å². The van der Waals surface area contributed by atoms with Gasteiger partial charge in [0, 0.05) is 23.5 Å². The number of carbonyl (C=O) groups excluding carboxylic acids is 1. The SMILES string of the molecule is Cc1cc(C(=O)N[C@H]2CCOc3ccccc32)c(C)c2sc(C3CCNCC3)nc12. The summed E-state index contributed by atoms with van der Waals surface area (Å²) in [6.45, 7) is 6.85. The third-order valence-corrected chi connectivity index (χ3v) is 7.66. The van der Waals surface area contributed by atoms with Gasteiger partial charge in [0.15, 0.2) is 0 Å². The van der Waals surface area contributed by atoms with Crippen LogP contribution < -0.4 is 15.4 Å². The molecule has 2 N–H and O–H groups in total. The molecule has 2 aromatic carbocycles. The number of benzene rings is 2. The highest BCUT2D eigenvalue weighted by atomic mass is 32.1. The third-order valence-electron chi connectivity index (χ3n) is 6.32. The van der Waals surface area contributed by atoms with E-state index in [1.807, 2.05) is 30.3 Å². The second kappa shape index (κ2) is 8.00. The average molecular weight is 422 g/mol. The van der Waals surface area contributed by atoms with E-state index in [4.69, 9.17) is 9.72 Å². The van der Waals surface area contributed by atoms with E-state index in [-0.39, 0.29) is 11.9 Å². The lowest BCUT2D eigenvalue weighted by molar-refractivity contribution is 0.0924. The standard InChI is InChI=1S/C24H27N3O2S/c1-14-13-18(23(28)26-19-9-12-29-20-6-4-3-5-17(19)20)15(2)22-21(14)27-24(30-22)16-7-10-25-11-8-16/h3-6,13,16,19,25H,7-12H2,1-2H3,(H,26,28)/t19-/m0/s1. The van der Waals surface area contributed by atoms with Crippen LogP contribution in [0.4, 0.5) is 0 Å². The lowest BCUT2D eigenvalue weighted by atomic mass is 9.98. The van der Waals surface area contributed by atoms with Crippen LogP contribution in [0.25, 0.3) is 10.2 Å². The quantitative estimate of drug-likeness (QED) is 0.647. The first-order chi connectivity index (χ1) is 14.6. The highest BCUT2D eigenvalue weighted by Crippen LogP contribution is 2.37. The molecule has 156 valence electrons. The number of carbonyl (C=O) groups is 1. The molecule has 1 saturated heterocycles. The Morgan fingerprint density at radius 3 is 2.83 bits per heavy atom. The molecular weight excluding hydrogens is 394 g/mol. The largest absolute Gasteiger partial charge is 0.493 e. The number of nitrogens with one attached hydrogen (secondary N) is 2. The molecule has 2 aliphatic rings. The maximum atomic E-state index is 13.3. The number of ether oxygens (including phenoxy) is 1. The van der Waals surface area contributed by atoms with Crippen molar-refractivity contribution in [3.8, 4) is 5.75 Å². The summed E-state index contributed by atoms with van der Waals surface area (Å²) < 4.78 is 6.89. The van der Waals surface area contributed by atoms with Gasteiger partial charge < -0.3 is 15.4 Å². The van der Waals surface area contributed by atoms with Crippen molar-refractivity contribution >= 4 is 27.5 Å². The Morgan fingerprint density at radius 2 is 2.00 bits per heavy atom. The maximum absolute atomic E-state index is 13.3. The van der Waals surface area contributed by atoms with Crippen LogP contribution in [0.2, 0.25) is 0 Å². The molecule has 0 radical (unpaired) electrons. The summed E-state index contributed by atoms with van der Waals surface area (Å²) >= 11 is 1.77. The number of hydrogen-bond donors (Lipinski definition) is 2. The predicted octanol–water partition coefficient (Wildman–Crippen LogP) is 4.63. The number of hydrogen-bond acceptors (Lipinski definition) is 5. The number of para-hydroxylation sites is 1. The van der Waals surface area contributed by atoms with E-state index in [1.165, 1.54) is 5.01 Å². The molecule has 1 amide bonds. The molecule has 5 rings (SSSR count). The Morgan fingerprint density at radius 1 is 1.20 bits per heavy atom. The first-order valence-corrected chi connectivity index (χ1v) is 11.6. The molecule has 1 aromatic heterocycles. The Balaban J connectivity index is 1.45. The number of aromatic nitrogens is 1. The van der Waals surface area contributed by atoms with Crippen molar-refractivity contribution in [3.63, 3.8) is 0 Å². The summed E-state index contributed by atoms with van der Waals surface area (Å²) in [6, 6.07) is 9.94. The smallest absolute Gasteiger partial charge is 0.252 e. The fourth-order valence-corrected chi connectivity index (χ4v) is 5.90. The molecule has 0 aliphatic carbocycles. The minimum atomic E-state index is -0.0235. The monoisotopic (exact) mass is 421 g/mol. The summed E-state index contributed by atoms with van der Waals surface area (Å²) in [5.74, 6) is 1.38. The molecular formula is C24H27N3O2S. The zero-order valence-electron chi connectivity index (χ0n) is 17.5. The van der Waals surface area contributed by atoms with Crippen molar-refractivity contribution in [2.75, 3.05) is 19.7 Å². The van der Waals surface area contributed by atoms with Crippen molar-refractivity contribution in [2.45, 2.75) is 45.1 Å². The van der Waals surface area contributed by atoms with Gasteiger partial charge in [0.1, 0.15) is 5.75 Å². The first kappa shape index (κ1) is 19.5. The van der Waals surface area contributed by atoms with Crippen LogP contribution >= 0.6 is 11.3 Å². The van der Waals surface area contributed by atoms with E-state index in [9.17, 15) is 4.79 Å². The van der Waals surface area contributed by atoms with Gasteiger partial charge in [-0.25, -0.2) is 4.98 Å². The van der Waals surface area contributed by atoms with E-state index in [2.05, 4.69) is 24.5 Å². The van der Waals surface area contributed by atoms with Crippen LogP contribution in [0.1, 0.15) is 63.3 Å². The van der Waals surface area contributed by atoms with Crippen LogP contribution in [-0.4, -0.2) is 30.6 Å². The van der Waals surface area contributed by atoms with Crippen LogP contribution in [0.5, 0.6) is 5.75 Å². The van der Waals surface area contributed by atoms with Crippen molar-refractivity contribution in [1.29, 1.82) is 0 Å². The van der Waals surface area contributed by atoms with Gasteiger partial charge in [-0.3, -0.25) is 4.79 Å². The number of thiazole rings is 1. The van der Waals surface area contributed by atoms with Gasteiger partial charge in [0.05, 0.1) is 27.9 Å². The van der Waals surface area contributed by atoms with Crippen LogP contribution in [0.3, 0.4) is 0 Å². The fraction of sp³-hybridized carbons (Fsp3) is 0.417. The van der Waals surface area contributed by atoms with E-state index in [0.29, 0.717) is 12.5 Å². The van der Waals surface area contributed by atoms with Gasteiger partial charge in [-0.2, -0.15) is 0 Å². The zero-order valence-corrected chi connectivity index (χ0v) is 18.3. The van der Waals surface area contributed by atoms with E-state index in [0.717, 1.165) is 70.6 Å². The van der Waals surface area contributed by atoms with Gasteiger partial charge in [-0.05, 0) is 63.0 Å². The number of aryl methyl sites for hydroxylation is 2. The molecule has 2 aliphatic heterocycles. The zero-order chi connectivity index (χ0) is 20.7. The summed E-state index contributed by atoms with van der Waals surface area (Å²) in [4.78, 5) is 18.3. The van der Waals surface area contributed by atoms with Crippen molar-refractivity contribution in [1.82, 2.24) is 15.6 Å². The van der Waals surface area contributed by atoms with Crippen LogP contribution in [0, 0.1) is 13.8 Å². The van der Waals surface area contributed by atoms with Crippen LogP contribution in [-0.2, 0) is 0 Å². The molecule has 0 spiro atoms. The lowest BCUT2D eigenvalue weighted by Crippen LogP contribution is -2.32. The van der Waals surface area contributed by atoms with Crippen LogP contribution in [0.15, 0.2) is 30.3 Å². The Hall–Kier alpha value is -2.44. The molecule has 0 saturated carbocycles. The molecule has 30 heavy (non-hydrogen) atoms. The minimum absolute atomic E-state index is 0.0176. The number of fused-ring (bicyclic) bond motifs is 2. The van der Waals surface area contributed by atoms with Gasteiger partial charge >= 0.3 is 0 Å². The minimum Gasteiger partial charge on any atom is -0.493 e. The third kappa shape index (κ3) is 3.48. The normalized spacial score (nSPS) is 19.3. The molecule has 6 heteroatoms. The van der Waals surface area contributed by atoms with Crippen molar-refractivity contribution in [2.24, 2.45) is 0 Å². The predicted molar refractivity (Wildman–Crippen MR) is 121 cm³/mol. The lowest BCUT2D eigenvalue weighted by Gasteiger charge is -2.27. The number of nitrogens with zero attached hydrogens (tertiary/aromatic N) is 1. The van der Waals surface area contributed by atoms with E-state index >= 15 is 0 Å². The number of rotatable bonds is 3. The van der Waals surface area contributed by atoms with Gasteiger partial charge in [-0.15, -0.1) is 11.3 Å². The molecule has 3 aromatic rings. The molecule has 1 fully saturated rings. The fourth-order valence-electron chi connectivity index (χ4n) is 4.58. The van der Waals surface area contributed by atoms with E-state index < -0.39 is 0 Å². The van der Waals surface area contributed by atoms with Gasteiger partial charge in [-0.1, -0.05) is 18.2 Å². The highest BCUT2D eigenvalue weighted by Gasteiger charge is 2.26. The maximum Gasteiger partial charge on any atom is 0.252 e. The Bertz CT molecular complexity index is 1100. The second-order valence-electron chi connectivity index (χ2n) is 8.32. The number of piperidine rings is 1. The summed E-state index contributed by atoms with van der Waals surface area (Å²) in [5.41, 5.74) is 4.97. The number of amides is 1. The molecule has 3 heterocycles. The van der Waals surface area contributed by atoms with Gasteiger partial charge in [0.2, 0.25) is 0 Å². The summed E-state index contributed by atoms with van der Waals surface area (Å²) in [6.07, 6.45) is 3.05. The summed E-state index contributed by atoms with van der Waals surface area (Å²) in [7, 11) is 0. The Labute approximate surface area is 180 Å². The molecule has 0 bridgehead atoms. The highest BCUT2D eigenvalue weighted by molar-refractivity contribution is 7.18. The molecule has 1 atom stereocenters. The van der Waals surface area contributed by atoms with Gasteiger partial charge in [0.25, 0.3) is 5.91 Å². The van der Waals surface area contributed by atoms with Crippen molar-refractivity contribution in [3.05, 3.63) is 57.6 Å². The topological polar surface area (TPSA) is 63.2 Å². The first-order valence-electron chi connectivity index (χ1n) is 10.8. The average Bonchev–Trinajstić information content (AvgIpc) is 3.24.